The molecular weight excluding hydrogens is 379 g/mol. The van der Waals surface area contributed by atoms with Gasteiger partial charge in [-0.15, -0.1) is 0 Å². The van der Waals surface area contributed by atoms with Gasteiger partial charge in [0.1, 0.15) is 5.75 Å². The van der Waals surface area contributed by atoms with Crippen molar-refractivity contribution in [2.45, 2.75) is 0 Å². The lowest BCUT2D eigenvalue weighted by Crippen LogP contribution is -2.12. The van der Waals surface area contributed by atoms with E-state index in [1.807, 2.05) is 0 Å². The maximum absolute atomic E-state index is 14.1. The molecule has 2 aromatic heterocycles. The Morgan fingerprint density at radius 3 is 2.76 bits per heavy atom. The lowest BCUT2D eigenvalue weighted by atomic mass is 10.2. The van der Waals surface area contributed by atoms with Gasteiger partial charge in [-0.2, -0.15) is 14.8 Å². The molecule has 10 heteroatoms. The van der Waals surface area contributed by atoms with Crippen molar-refractivity contribution in [3.8, 4) is 5.75 Å². The van der Waals surface area contributed by atoms with Crippen LogP contribution in [-0.2, 0) is 4.74 Å². The summed E-state index contributed by atoms with van der Waals surface area (Å²) in [6, 6.07) is 11.4. The second-order valence-electron chi connectivity index (χ2n) is 5.99. The number of phenolic OH excluding ortho intramolecular Hbond substituents is 1. The highest BCUT2D eigenvalue weighted by molar-refractivity contribution is 5.89. The van der Waals surface area contributed by atoms with Gasteiger partial charge in [0, 0.05) is 22.8 Å². The van der Waals surface area contributed by atoms with E-state index in [-0.39, 0.29) is 17.5 Å². The van der Waals surface area contributed by atoms with Crippen LogP contribution in [0.3, 0.4) is 0 Å². The number of fused-ring (bicyclic) bond motifs is 1. The number of nitrogens with zero attached hydrogens (tertiary/aromatic N) is 4. The molecule has 0 spiro atoms. The lowest BCUT2D eigenvalue weighted by molar-refractivity contribution is 0.170. The molecule has 0 bridgehead atoms. The molecule has 2 heterocycles. The Balaban J connectivity index is 1.58. The van der Waals surface area contributed by atoms with E-state index < -0.39 is 11.9 Å². The van der Waals surface area contributed by atoms with E-state index >= 15 is 0 Å². The number of phenols is 1. The topological polar surface area (TPSA) is 114 Å². The van der Waals surface area contributed by atoms with Crippen molar-refractivity contribution in [1.29, 1.82) is 0 Å². The third kappa shape index (κ3) is 3.76. The lowest BCUT2D eigenvalue weighted by Gasteiger charge is -2.10. The summed E-state index contributed by atoms with van der Waals surface area (Å²) in [6.07, 6.45) is 1.97. The Bertz CT molecular complexity index is 1210. The molecule has 0 aliphatic rings. The minimum Gasteiger partial charge on any atom is -0.508 e. The number of carbonyl (C=O) groups is 1. The first-order chi connectivity index (χ1) is 14.0. The number of hydrogen-bond donors (Lipinski definition) is 3. The number of carbonyl (C=O) groups excluding carboxylic acids is 1. The number of anilines is 4. The summed E-state index contributed by atoms with van der Waals surface area (Å²) in [4.78, 5) is 19.8. The maximum Gasteiger partial charge on any atom is 0.434 e. The van der Waals surface area contributed by atoms with Crippen molar-refractivity contribution in [3.63, 3.8) is 0 Å². The van der Waals surface area contributed by atoms with Crippen molar-refractivity contribution in [2.24, 2.45) is 0 Å². The number of hydrogen-bond acceptors (Lipinski definition) is 8. The predicted octanol–water partition coefficient (Wildman–Crippen LogP) is 3.77. The highest BCUT2D eigenvalue weighted by Gasteiger charge is 2.12. The Labute approximate surface area is 163 Å². The Morgan fingerprint density at radius 1 is 1.14 bits per heavy atom. The van der Waals surface area contributed by atoms with Gasteiger partial charge in [-0.3, -0.25) is 0 Å². The van der Waals surface area contributed by atoms with Crippen molar-refractivity contribution >= 4 is 40.1 Å². The molecule has 0 saturated heterocycles. The molecule has 2 aromatic carbocycles. The molecule has 0 saturated carbocycles. The fraction of sp³-hybridized carbons (Fsp3) is 0.0526. The second kappa shape index (κ2) is 7.43. The molecule has 3 N–H and O–H groups in total. The smallest absolute Gasteiger partial charge is 0.434 e. The highest BCUT2D eigenvalue weighted by Crippen LogP contribution is 2.24. The van der Waals surface area contributed by atoms with Crippen molar-refractivity contribution in [3.05, 3.63) is 60.7 Å². The summed E-state index contributed by atoms with van der Waals surface area (Å²) in [6.45, 7) is 0. The first-order valence-electron chi connectivity index (χ1n) is 8.45. The summed E-state index contributed by atoms with van der Waals surface area (Å²) in [5.74, 6) is -0.487. The fourth-order valence-corrected chi connectivity index (χ4v) is 2.71. The molecule has 0 fully saturated rings. The fourth-order valence-electron chi connectivity index (χ4n) is 2.71. The standard InChI is InChI=1S/C19H15FN6O3/c1-29-19(28)26-16-6-5-13(7-11(16)9-22-26)24-18-21-10-15(20)17(25-18)23-12-3-2-4-14(27)8-12/h2-10,27H,1H3,(H2,21,23,24,25). The third-order valence-corrected chi connectivity index (χ3v) is 4.02. The van der Waals surface area contributed by atoms with Crippen LogP contribution in [0.2, 0.25) is 0 Å². The van der Waals surface area contributed by atoms with Crippen LogP contribution >= 0.6 is 0 Å². The normalized spacial score (nSPS) is 10.7. The summed E-state index contributed by atoms with van der Waals surface area (Å²) in [7, 11) is 1.28. The molecule has 0 atom stereocenters. The largest absolute Gasteiger partial charge is 0.508 e. The van der Waals surface area contributed by atoms with E-state index in [1.165, 1.54) is 25.4 Å². The third-order valence-electron chi connectivity index (χ3n) is 4.02. The molecule has 0 radical (unpaired) electrons. The predicted molar refractivity (Wildman–Crippen MR) is 104 cm³/mol. The van der Waals surface area contributed by atoms with Crippen LogP contribution in [-0.4, -0.2) is 38.1 Å². The van der Waals surface area contributed by atoms with Crippen molar-refractivity contribution < 1.29 is 19.0 Å². The van der Waals surface area contributed by atoms with Gasteiger partial charge in [0.15, 0.2) is 11.6 Å². The quantitative estimate of drug-likeness (QED) is 0.479. The van der Waals surface area contributed by atoms with Gasteiger partial charge < -0.3 is 20.5 Å². The van der Waals surface area contributed by atoms with E-state index in [1.54, 1.807) is 30.3 Å². The molecule has 4 rings (SSSR count). The summed E-state index contributed by atoms with van der Waals surface area (Å²) < 4.78 is 19.9. The van der Waals surface area contributed by atoms with Crippen LogP contribution in [0.15, 0.2) is 54.9 Å². The summed E-state index contributed by atoms with van der Waals surface area (Å²) in [5.41, 5.74) is 1.68. The summed E-state index contributed by atoms with van der Waals surface area (Å²) in [5, 5.41) is 20.0. The van der Waals surface area contributed by atoms with E-state index in [4.69, 9.17) is 0 Å². The zero-order valence-electron chi connectivity index (χ0n) is 15.1. The minimum atomic E-state index is -0.645. The van der Waals surface area contributed by atoms with Crippen LogP contribution in [0.4, 0.5) is 32.3 Å². The van der Waals surface area contributed by atoms with E-state index in [0.717, 1.165) is 10.9 Å². The number of rotatable bonds is 4. The number of aromatic hydroxyl groups is 1. The average Bonchev–Trinajstić information content (AvgIpc) is 3.13. The molecule has 146 valence electrons. The first kappa shape index (κ1) is 18.2. The number of methoxy groups -OCH3 is 1. The van der Waals surface area contributed by atoms with Gasteiger partial charge in [-0.1, -0.05) is 6.07 Å². The molecule has 0 unspecified atom stereocenters. The number of nitrogens with one attached hydrogen (secondary N) is 2. The summed E-state index contributed by atoms with van der Waals surface area (Å²) >= 11 is 0. The van der Waals surface area contributed by atoms with Crippen molar-refractivity contribution in [1.82, 2.24) is 19.7 Å². The molecular formula is C19H15FN6O3. The van der Waals surface area contributed by atoms with Crippen LogP contribution in [0.1, 0.15) is 0 Å². The van der Waals surface area contributed by atoms with Crippen LogP contribution < -0.4 is 10.6 Å². The highest BCUT2D eigenvalue weighted by atomic mass is 19.1. The number of aromatic nitrogens is 4. The van der Waals surface area contributed by atoms with Gasteiger partial charge in [0.05, 0.1) is 25.0 Å². The van der Waals surface area contributed by atoms with Gasteiger partial charge >= 0.3 is 6.09 Å². The molecule has 29 heavy (non-hydrogen) atoms. The van der Waals surface area contributed by atoms with Crippen molar-refractivity contribution in [2.75, 3.05) is 17.7 Å². The molecule has 0 aliphatic heterocycles. The average molecular weight is 394 g/mol. The Morgan fingerprint density at radius 2 is 1.97 bits per heavy atom. The number of benzene rings is 2. The van der Waals surface area contributed by atoms with Crippen LogP contribution in [0.25, 0.3) is 10.9 Å². The number of ether oxygens (including phenoxy) is 1. The van der Waals surface area contributed by atoms with E-state index in [9.17, 15) is 14.3 Å². The van der Waals surface area contributed by atoms with E-state index in [2.05, 4.69) is 30.4 Å². The first-order valence-corrected chi connectivity index (χ1v) is 8.45. The van der Waals surface area contributed by atoms with Gasteiger partial charge in [0.2, 0.25) is 5.95 Å². The Kier molecular flexibility index (Phi) is 4.65. The molecule has 4 aromatic rings. The molecule has 9 nitrogen and oxygen atoms in total. The van der Waals surface area contributed by atoms with Crippen LogP contribution in [0, 0.1) is 5.82 Å². The van der Waals surface area contributed by atoms with Gasteiger partial charge in [-0.25, -0.2) is 14.2 Å². The van der Waals surface area contributed by atoms with E-state index in [0.29, 0.717) is 22.3 Å². The van der Waals surface area contributed by atoms with Gasteiger partial charge in [-0.05, 0) is 30.3 Å². The number of halogens is 1. The Hall–Kier alpha value is -4.21. The van der Waals surface area contributed by atoms with Crippen LogP contribution in [0.5, 0.6) is 5.75 Å². The molecule has 0 amide bonds. The monoisotopic (exact) mass is 394 g/mol. The zero-order valence-corrected chi connectivity index (χ0v) is 15.1. The van der Waals surface area contributed by atoms with Gasteiger partial charge in [0.25, 0.3) is 0 Å². The maximum atomic E-state index is 14.1. The zero-order chi connectivity index (χ0) is 20.4. The minimum absolute atomic E-state index is 0.0450. The second-order valence-corrected chi connectivity index (χ2v) is 5.99. The molecule has 0 aliphatic carbocycles. The SMILES string of the molecule is COC(=O)n1ncc2cc(Nc3ncc(F)c(Nc4cccc(O)c4)n3)ccc21.